The highest BCUT2D eigenvalue weighted by atomic mass is 35.5. The second kappa shape index (κ2) is 7.93. The number of fused-ring (bicyclic) bond motifs is 1. The monoisotopic (exact) mass is 437 g/mol. The van der Waals surface area contributed by atoms with Gasteiger partial charge in [-0.15, -0.1) is 12.4 Å². The lowest BCUT2D eigenvalue weighted by Crippen LogP contribution is -2.49. The van der Waals surface area contributed by atoms with Crippen LogP contribution in [0.5, 0.6) is 0 Å². The molecule has 0 spiro atoms. The number of nitrogens with zero attached hydrogens (tertiary/aromatic N) is 4. The molecule has 154 valence electrons. The highest BCUT2D eigenvalue weighted by Crippen LogP contribution is 2.41. The van der Waals surface area contributed by atoms with Crippen LogP contribution in [0.4, 0.5) is 22.0 Å². The minimum Gasteiger partial charge on any atom is -0.338 e. The minimum atomic E-state index is -0.339. The van der Waals surface area contributed by atoms with Crippen molar-refractivity contribution >= 4 is 52.5 Å². The summed E-state index contributed by atoms with van der Waals surface area (Å²) in [5.41, 5.74) is 1.32. The van der Waals surface area contributed by atoms with E-state index in [1.165, 1.54) is 0 Å². The first-order chi connectivity index (χ1) is 13.6. The van der Waals surface area contributed by atoms with Crippen LogP contribution in [-0.2, 0) is 0 Å². The van der Waals surface area contributed by atoms with Crippen LogP contribution in [0, 0.1) is 5.82 Å². The molecule has 1 aliphatic carbocycles. The lowest BCUT2D eigenvalue weighted by atomic mass is 10.2. The zero-order valence-electron chi connectivity index (χ0n) is 15.9. The highest BCUT2D eigenvalue weighted by molar-refractivity contribution is 6.31. The predicted molar refractivity (Wildman–Crippen MR) is 115 cm³/mol. The molecule has 7 nitrogen and oxygen atoms in total. The van der Waals surface area contributed by atoms with Crippen LogP contribution in [0.25, 0.3) is 10.9 Å². The summed E-state index contributed by atoms with van der Waals surface area (Å²) in [7, 11) is 0. The summed E-state index contributed by atoms with van der Waals surface area (Å²) in [6, 6.07) is 5.79. The quantitative estimate of drug-likeness (QED) is 0.572. The van der Waals surface area contributed by atoms with Crippen molar-refractivity contribution in [3.63, 3.8) is 0 Å². The molecule has 3 heterocycles. The molecule has 1 saturated carbocycles. The molecular formula is C19H22Cl2FN7. The van der Waals surface area contributed by atoms with E-state index < -0.39 is 0 Å². The van der Waals surface area contributed by atoms with Gasteiger partial charge < -0.3 is 15.5 Å². The molecule has 1 saturated heterocycles. The van der Waals surface area contributed by atoms with E-state index in [1.54, 1.807) is 12.1 Å². The predicted octanol–water partition coefficient (Wildman–Crippen LogP) is 3.99. The van der Waals surface area contributed by atoms with Gasteiger partial charge in [0, 0.05) is 42.0 Å². The number of benzene rings is 1. The topological polar surface area (TPSA) is 81.8 Å². The number of aromatic amines is 1. The third-order valence-corrected chi connectivity index (χ3v) is 5.49. The average molecular weight is 438 g/mol. The lowest BCUT2D eigenvalue weighted by Gasteiger charge is -2.32. The van der Waals surface area contributed by atoms with Crippen molar-refractivity contribution in [2.45, 2.75) is 31.7 Å². The number of piperazine rings is 1. The number of aromatic nitrogens is 4. The summed E-state index contributed by atoms with van der Waals surface area (Å²) in [5, 5.41) is 14.7. The van der Waals surface area contributed by atoms with Gasteiger partial charge in [0.05, 0.1) is 11.2 Å². The molecule has 0 bridgehead atoms. The molecule has 3 aromatic rings. The van der Waals surface area contributed by atoms with E-state index in [0.717, 1.165) is 43.4 Å². The molecule has 2 aromatic heterocycles. The summed E-state index contributed by atoms with van der Waals surface area (Å²) in [5.74, 6) is 1.18. The van der Waals surface area contributed by atoms with E-state index in [-0.39, 0.29) is 30.0 Å². The molecule has 5 rings (SSSR count). The minimum absolute atomic E-state index is 0. The summed E-state index contributed by atoms with van der Waals surface area (Å²) in [6.07, 6.45) is 1.99. The summed E-state index contributed by atoms with van der Waals surface area (Å²) >= 11 is 6.19. The molecule has 10 heteroatoms. The van der Waals surface area contributed by atoms with Gasteiger partial charge in [-0.3, -0.25) is 5.10 Å². The molecule has 1 aliphatic heterocycles. The zero-order valence-corrected chi connectivity index (χ0v) is 17.4. The van der Waals surface area contributed by atoms with Gasteiger partial charge in [0.15, 0.2) is 11.6 Å². The number of H-pyrrole nitrogens is 1. The SMILES string of the molecule is CC1CN(c2nc(Nc3n[nH]c(C4CC4)c3F)c3cc(Cl)ccc3n2)CCN1.Cl. The van der Waals surface area contributed by atoms with Crippen molar-refractivity contribution in [2.24, 2.45) is 0 Å². The smallest absolute Gasteiger partial charge is 0.228 e. The van der Waals surface area contributed by atoms with E-state index in [0.29, 0.717) is 28.5 Å². The zero-order chi connectivity index (χ0) is 19.3. The molecule has 2 fully saturated rings. The fourth-order valence-corrected chi connectivity index (χ4v) is 3.79. The van der Waals surface area contributed by atoms with Crippen molar-refractivity contribution in [1.82, 2.24) is 25.5 Å². The lowest BCUT2D eigenvalue weighted by molar-refractivity contribution is 0.480. The van der Waals surface area contributed by atoms with Crippen LogP contribution in [0.15, 0.2) is 18.2 Å². The maximum absolute atomic E-state index is 14.8. The molecule has 0 amide bonds. The average Bonchev–Trinajstić information content (AvgIpc) is 3.46. The van der Waals surface area contributed by atoms with Crippen molar-refractivity contribution in [2.75, 3.05) is 29.9 Å². The maximum atomic E-state index is 14.8. The van der Waals surface area contributed by atoms with E-state index in [4.69, 9.17) is 21.6 Å². The Morgan fingerprint density at radius 2 is 2.07 bits per heavy atom. The van der Waals surface area contributed by atoms with Crippen LogP contribution < -0.4 is 15.5 Å². The molecule has 0 radical (unpaired) electrons. The fraction of sp³-hybridized carbons (Fsp3) is 0.421. The van der Waals surface area contributed by atoms with E-state index >= 15 is 0 Å². The van der Waals surface area contributed by atoms with Gasteiger partial charge in [0.2, 0.25) is 5.95 Å². The van der Waals surface area contributed by atoms with Crippen LogP contribution in [0.3, 0.4) is 0 Å². The molecule has 29 heavy (non-hydrogen) atoms. The van der Waals surface area contributed by atoms with E-state index in [1.807, 2.05) is 6.07 Å². The Morgan fingerprint density at radius 1 is 1.24 bits per heavy atom. The van der Waals surface area contributed by atoms with Gasteiger partial charge in [-0.2, -0.15) is 10.1 Å². The Balaban J connectivity index is 0.00000205. The highest BCUT2D eigenvalue weighted by Gasteiger charge is 2.30. The van der Waals surface area contributed by atoms with Crippen LogP contribution >= 0.6 is 24.0 Å². The van der Waals surface area contributed by atoms with Crippen LogP contribution in [-0.4, -0.2) is 45.8 Å². The maximum Gasteiger partial charge on any atom is 0.228 e. The molecule has 3 N–H and O–H groups in total. The summed E-state index contributed by atoms with van der Waals surface area (Å²) in [4.78, 5) is 11.5. The number of hydrogen-bond acceptors (Lipinski definition) is 6. The Hall–Kier alpha value is -2.16. The summed E-state index contributed by atoms with van der Waals surface area (Å²) in [6.45, 7) is 4.61. The number of nitrogens with one attached hydrogen (secondary N) is 3. The Kier molecular flexibility index (Phi) is 5.50. The van der Waals surface area contributed by atoms with Gasteiger partial charge in [-0.05, 0) is 38.0 Å². The van der Waals surface area contributed by atoms with Crippen molar-refractivity contribution < 1.29 is 4.39 Å². The third kappa shape index (κ3) is 3.97. The Bertz CT molecular complexity index is 1040. The number of anilines is 3. The van der Waals surface area contributed by atoms with E-state index in [2.05, 4.69) is 32.7 Å². The second-order valence-corrected chi connectivity index (χ2v) is 7.97. The molecule has 1 aromatic carbocycles. The van der Waals surface area contributed by atoms with Crippen LogP contribution in [0.1, 0.15) is 31.4 Å². The van der Waals surface area contributed by atoms with Gasteiger partial charge in [0.25, 0.3) is 0 Å². The van der Waals surface area contributed by atoms with Gasteiger partial charge in [-0.25, -0.2) is 9.37 Å². The van der Waals surface area contributed by atoms with Crippen molar-refractivity contribution in [1.29, 1.82) is 0 Å². The molecule has 2 aliphatic rings. The Labute approximate surface area is 178 Å². The number of hydrogen-bond donors (Lipinski definition) is 3. The number of halogens is 3. The van der Waals surface area contributed by atoms with Gasteiger partial charge in [0.1, 0.15) is 5.82 Å². The van der Waals surface area contributed by atoms with Crippen molar-refractivity contribution in [3.8, 4) is 0 Å². The van der Waals surface area contributed by atoms with Gasteiger partial charge >= 0.3 is 0 Å². The van der Waals surface area contributed by atoms with Crippen LogP contribution in [0.2, 0.25) is 5.02 Å². The molecule has 1 atom stereocenters. The van der Waals surface area contributed by atoms with Gasteiger partial charge in [-0.1, -0.05) is 11.6 Å². The standard InChI is InChI=1S/C19H21ClFN7.ClH/c1-10-9-28(7-6-22-10)19-23-14-5-4-12(20)8-13(14)17(25-19)24-18-15(21)16(26-27-18)11-2-3-11;/h4-5,8,10-11,22H,2-3,6-7,9H2,1H3,(H2,23,24,25,26,27);1H. The third-order valence-electron chi connectivity index (χ3n) is 5.25. The molecule has 1 unspecified atom stereocenters. The largest absolute Gasteiger partial charge is 0.338 e. The Morgan fingerprint density at radius 3 is 2.83 bits per heavy atom. The first-order valence-electron chi connectivity index (χ1n) is 9.55. The normalized spacial score (nSPS) is 19.3. The summed E-state index contributed by atoms with van der Waals surface area (Å²) < 4.78 is 14.8. The van der Waals surface area contributed by atoms with E-state index in [9.17, 15) is 4.39 Å². The number of rotatable bonds is 4. The first-order valence-corrected chi connectivity index (χ1v) is 9.92. The molecular weight excluding hydrogens is 416 g/mol. The van der Waals surface area contributed by atoms with Crippen molar-refractivity contribution in [3.05, 3.63) is 34.7 Å². The second-order valence-electron chi connectivity index (χ2n) is 7.53. The fourth-order valence-electron chi connectivity index (χ4n) is 3.62. The first kappa shape index (κ1) is 20.1.